The number of imide groups is 1. The minimum absolute atomic E-state index is 0.207. The molecule has 1 fully saturated rings. The predicted octanol–water partition coefficient (Wildman–Crippen LogP) is 5.55. The summed E-state index contributed by atoms with van der Waals surface area (Å²) in [6.45, 7) is 1.80. The third-order valence-corrected chi connectivity index (χ3v) is 7.08. The molecule has 3 aromatic carbocycles. The molecule has 0 saturated carbocycles. The molecule has 4 rings (SSSR count). The molecule has 0 radical (unpaired) electrons. The number of carbonyl (C=O) groups excluding carboxylic acids is 3. The summed E-state index contributed by atoms with van der Waals surface area (Å²) in [5.41, 5.74) is 3.32. The fraction of sp³-hybridized carbons (Fsp3) is 0.111. The standard InChI is InChI=1S/C27H21IN2O6S/c1-16-3-2-4-20(11-16)29-24(31)14-30-25(32)23(37-27(30)35)13-18-7-10-22(21(28)12-18)36-15-17-5-8-19(9-6-17)26(33)34/h2-13H,14-15H2,1H3,(H,29,31)(H,33,34)/b23-13-. The number of anilines is 1. The topological polar surface area (TPSA) is 113 Å². The van der Waals surface area contributed by atoms with Crippen molar-refractivity contribution in [1.82, 2.24) is 4.90 Å². The van der Waals surface area contributed by atoms with Crippen LogP contribution in [0.15, 0.2) is 71.6 Å². The fourth-order valence-electron chi connectivity index (χ4n) is 3.48. The Labute approximate surface area is 230 Å². The van der Waals surface area contributed by atoms with Crippen LogP contribution in [0.25, 0.3) is 6.08 Å². The van der Waals surface area contributed by atoms with Gasteiger partial charge < -0.3 is 15.2 Å². The lowest BCUT2D eigenvalue weighted by Crippen LogP contribution is -2.36. The molecule has 0 spiro atoms. The molecule has 3 amide bonds. The van der Waals surface area contributed by atoms with E-state index in [2.05, 4.69) is 27.9 Å². The number of aryl methyl sites for hydroxylation is 1. The number of ether oxygens (including phenoxy) is 1. The van der Waals surface area contributed by atoms with Crippen LogP contribution < -0.4 is 10.1 Å². The van der Waals surface area contributed by atoms with Crippen molar-refractivity contribution in [3.05, 3.63) is 97.5 Å². The van der Waals surface area contributed by atoms with Crippen molar-refractivity contribution in [3.63, 3.8) is 0 Å². The summed E-state index contributed by atoms with van der Waals surface area (Å²) in [4.78, 5) is 49.8. The average Bonchev–Trinajstić information content (AvgIpc) is 3.11. The molecule has 3 aromatic rings. The molecular weight excluding hydrogens is 607 g/mol. The number of carboxylic acids is 1. The van der Waals surface area contributed by atoms with E-state index in [9.17, 15) is 19.2 Å². The van der Waals surface area contributed by atoms with Crippen LogP contribution in [-0.4, -0.2) is 39.6 Å². The maximum atomic E-state index is 12.8. The van der Waals surface area contributed by atoms with Crippen molar-refractivity contribution < 1.29 is 29.0 Å². The number of halogens is 1. The van der Waals surface area contributed by atoms with Gasteiger partial charge in [0.1, 0.15) is 18.9 Å². The number of carbonyl (C=O) groups is 4. The Morgan fingerprint density at radius 2 is 1.84 bits per heavy atom. The maximum absolute atomic E-state index is 12.8. The van der Waals surface area contributed by atoms with Crippen molar-refractivity contribution in [2.24, 2.45) is 0 Å². The quantitative estimate of drug-likeness (QED) is 0.249. The van der Waals surface area contributed by atoms with Gasteiger partial charge in [-0.05, 0) is 100 Å². The molecule has 188 valence electrons. The minimum Gasteiger partial charge on any atom is -0.488 e. The lowest BCUT2D eigenvalue weighted by Gasteiger charge is -2.12. The molecule has 0 aromatic heterocycles. The maximum Gasteiger partial charge on any atom is 0.335 e. The summed E-state index contributed by atoms with van der Waals surface area (Å²) < 4.78 is 6.65. The molecular formula is C27H21IN2O6S. The van der Waals surface area contributed by atoms with Gasteiger partial charge in [0.2, 0.25) is 5.91 Å². The number of aromatic carboxylic acids is 1. The van der Waals surface area contributed by atoms with E-state index >= 15 is 0 Å². The smallest absolute Gasteiger partial charge is 0.335 e. The zero-order valence-electron chi connectivity index (χ0n) is 19.6. The zero-order chi connectivity index (χ0) is 26.5. The molecule has 10 heteroatoms. The van der Waals surface area contributed by atoms with E-state index in [1.807, 2.05) is 25.1 Å². The highest BCUT2D eigenvalue weighted by atomic mass is 127. The largest absolute Gasteiger partial charge is 0.488 e. The predicted molar refractivity (Wildman–Crippen MR) is 149 cm³/mol. The normalized spacial score (nSPS) is 14.2. The Bertz CT molecular complexity index is 1420. The first kappa shape index (κ1) is 26.4. The number of carboxylic acid groups (broad SMARTS) is 1. The summed E-state index contributed by atoms with van der Waals surface area (Å²) in [5.74, 6) is -1.33. The summed E-state index contributed by atoms with van der Waals surface area (Å²) in [6, 6.07) is 19.0. The van der Waals surface area contributed by atoms with Crippen LogP contribution in [0.4, 0.5) is 10.5 Å². The van der Waals surface area contributed by atoms with Crippen molar-refractivity contribution in [1.29, 1.82) is 0 Å². The highest BCUT2D eigenvalue weighted by Crippen LogP contribution is 2.33. The third kappa shape index (κ3) is 6.77. The van der Waals surface area contributed by atoms with E-state index in [1.54, 1.807) is 42.5 Å². The summed E-state index contributed by atoms with van der Waals surface area (Å²) in [5, 5.41) is 11.2. The fourth-order valence-corrected chi connectivity index (χ4v) is 5.02. The van der Waals surface area contributed by atoms with E-state index in [4.69, 9.17) is 9.84 Å². The van der Waals surface area contributed by atoms with Gasteiger partial charge in [0.05, 0.1) is 14.0 Å². The Morgan fingerprint density at radius 1 is 1.08 bits per heavy atom. The second kappa shape index (κ2) is 11.6. The minimum atomic E-state index is -0.985. The van der Waals surface area contributed by atoms with Gasteiger partial charge in [-0.1, -0.05) is 30.3 Å². The Morgan fingerprint density at radius 3 is 2.51 bits per heavy atom. The molecule has 1 aliphatic rings. The molecule has 1 aliphatic heterocycles. The van der Waals surface area contributed by atoms with Crippen LogP contribution >= 0.6 is 34.4 Å². The number of benzene rings is 3. The number of thioether (sulfide) groups is 1. The van der Waals surface area contributed by atoms with Crippen LogP contribution in [0.3, 0.4) is 0 Å². The molecule has 1 heterocycles. The molecule has 2 N–H and O–H groups in total. The SMILES string of the molecule is Cc1cccc(NC(=O)CN2C(=O)S/C(=C\c3ccc(OCc4ccc(C(=O)O)cc4)c(I)c3)C2=O)c1. The molecule has 1 saturated heterocycles. The number of nitrogens with zero attached hydrogens (tertiary/aromatic N) is 1. The molecule has 0 aliphatic carbocycles. The van der Waals surface area contributed by atoms with Gasteiger partial charge in [-0.2, -0.15) is 0 Å². The van der Waals surface area contributed by atoms with Crippen LogP contribution in [0.2, 0.25) is 0 Å². The van der Waals surface area contributed by atoms with Crippen LogP contribution in [-0.2, 0) is 16.2 Å². The van der Waals surface area contributed by atoms with E-state index in [0.717, 1.165) is 31.4 Å². The molecule has 0 unspecified atom stereocenters. The molecule has 8 nitrogen and oxygen atoms in total. The van der Waals surface area contributed by atoms with Gasteiger partial charge in [0, 0.05) is 5.69 Å². The second-order valence-corrected chi connectivity index (χ2v) is 10.3. The summed E-state index contributed by atoms with van der Waals surface area (Å²) >= 11 is 2.91. The van der Waals surface area contributed by atoms with Crippen LogP contribution in [0.5, 0.6) is 5.75 Å². The molecule has 0 bridgehead atoms. The highest BCUT2D eigenvalue weighted by Gasteiger charge is 2.36. The lowest BCUT2D eigenvalue weighted by molar-refractivity contribution is -0.127. The number of hydrogen-bond acceptors (Lipinski definition) is 6. The van der Waals surface area contributed by atoms with Gasteiger partial charge in [-0.25, -0.2) is 4.79 Å². The first-order chi connectivity index (χ1) is 17.7. The van der Waals surface area contributed by atoms with Gasteiger partial charge in [0.15, 0.2) is 0 Å². The first-order valence-corrected chi connectivity index (χ1v) is 13.0. The van der Waals surface area contributed by atoms with E-state index in [-0.39, 0.29) is 23.6 Å². The Balaban J connectivity index is 1.38. The van der Waals surface area contributed by atoms with E-state index in [0.29, 0.717) is 17.0 Å². The zero-order valence-corrected chi connectivity index (χ0v) is 22.5. The Kier molecular flexibility index (Phi) is 8.29. The second-order valence-electron chi connectivity index (χ2n) is 8.17. The van der Waals surface area contributed by atoms with E-state index < -0.39 is 23.0 Å². The van der Waals surface area contributed by atoms with Crippen LogP contribution in [0, 0.1) is 10.5 Å². The lowest BCUT2D eigenvalue weighted by atomic mass is 10.1. The monoisotopic (exact) mass is 628 g/mol. The van der Waals surface area contributed by atoms with Gasteiger partial charge in [-0.3, -0.25) is 19.3 Å². The number of rotatable bonds is 8. The number of amides is 3. The van der Waals surface area contributed by atoms with Gasteiger partial charge in [0.25, 0.3) is 11.1 Å². The average molecular weight is 628 g/mol. The highest BCUT2D eigenvalue weighted by molar-refractivity contribution is 14.1. The van der Waals surface area contributed by atoms with Crippen molar-refractivity contribution in [3.8, 4) is 5.75 Å². The number of nitrogens with one attached hydrogen (secondary N) is 1. The molecule has 37 heavy (non-hydrogen) atoms. The number of hydrogen-bond donors (Lipinski definition) is 2. The van der Waals surface area contributed by atoms with E-state index in [1.165, 1.54) is 12.1 Å². The van der Waals surface area contributed by atoms with Gasteiger partial charge in [-0.15, -0.1) is 0 Å². The third-order valence-electron chi connectivity index (χ3n) is 5.33. The van der Waals surface area contributed by atoms with Crippen molar-refractivity contribution in [2.45, 2.75) is 13.5 Å². The van der Waals surface area contributed by atoms with Crippen LogP contribution in [0.1, 0.15) is 27.0 Å². The summed E-state index contributed by atoms with van der Waals surface area (Å²) in [6.07, 6.45) is 1.61. The van der Waals surface area contributed by atoms with Gasteiger partial charge >= 0.3 is 5.97 Å². The summed E-state index contributed by atoms with van der Waals surface area (Å²) in [7, 11) is 0. The molecule has 0 atom stereocenters. The van der Waals surface area contributed by atoms with Crippen molar-refractivity contribution >= 4 is 69.1 Å². The first-order valence-electron chi connectivity index (χ1n) is 11.1. The Hall–Kier alpha value is -3.64. The van der Waals surface area contributed by atoms with Crippen molar-refractivity contribution in [2.75, 3.05) is 11.9 Å².